The molecule has 0 aliphatic rings. The van der Waals surface area contributed by atoms with Crippen LogP contribution in [0.2, 0.25) is 5.02 Å². The largest absolute Gasteiger partial charge is 0.354 e. The van der Waals surface area contributed by atoms with Gasteiger partial charge in [0.2, 0.25) is 21.8 Å². The van der Waals surface area contributed by atoms with Crippen LogP contribution in [0.1, 0.15) is 37.8 Å². The smallest absolute Gasteiger partial charge is 0.244 e. The van der Waals surface area contributed by atoms with Crippen molar-refractivity contribution < 1.29 is 18.0 Å². The molecular formula is C24H31BrClN3O4S. The third-order valence-electron chi connectivity index (χ3n) is 5.35. The lowest BCUT2D eigenvalue weighted by molar-refractivity contribution is -0.139. The summed E-state index contributed by atoms with van der Waals surface area (Å²) in [5.74, 6) is -0.793. The number of rotatable bonds is 11. The van der Waals surface area contributed by atoms with Gasteiger partial charge >= 0.3 is 0 Å². The Kier molecular flexibility index (Phi) is 10.4. The zero-order valence-electron chi connectivity index (χ0n) is 19.8. The van der Waals surface area contributed by atoms with E-state index in [9.17, 15) is 18.0 Å². The number of sulfonamides is 1. The maximum Gasteiger partial charge on any atom is 0.244 e. The Morgan fingerprint density at radius 3 is 2.47 bits per heavy atom. The molecule has 0 radical (unpaired) electrons. The summed E-state index contributed by atoms with van der Waals surface area (Å²) in [6.45, 7) is 5.68. The number of carbonyl (C=O) groups excluding carboxylic acids is 2. The molecule has 0 spiro atoms. The van der Waals surface area contributed by atoms with Crippen LogP contribution in [0.4, 0.5) is 5.69 Å². The number of aryl methyl sites for hydroxylation is 1. The normalized spacial score (nSPS) is 12.2. The molecule has 0 saturated carbocycles. The van der Waals surface area contributed by atoms with Crippen LogP contribution in [-0.2, 0) is 26.2 Å². The van der Waals surface area contributed by atoms with Gasteiger partial charge in [-0.15, -0.1) is 0 Å². The second-order valence-electron chi connectivity index (χ2n) is 8.18. The number of halogens is 2. The van der Waals surface area contributed by atoms with E-state index in [4.69, 9.17) is 11.6 Å². The fourth-order valence-electron chi connectivity index (χ4n) is 3.35. The number of hydrogen-bond acceptors (Lipinski definition) is 4. The Morgan fingerprint density at radius 1 is 1.18 bits per heavy atom. The molecule has 0 aliphatic carbocycles. The lowest BCUT2D eigenvalue weighted by Gasteiger charge is -2.31. The standard InChI is InChI=1S/C24H31BrClN3O4S/c1-5-6-12-27-24(31)18(3)28(15-19-8-7-9-20(26)14-19)23(30)16-29(34(4,32)33)21-10-11-22(25)17(2)13-21/h7-11,13-14,18H,5-6,12,15-16H2,1-4H3,(H,27,31)/t18-/m1/s1. The van der Waals surface area contributed by atoms with Gasteiger partial charge in [0.05, 0.1) is 11.9 Å². The first-order valence-electron chi connectivity index (χ1n) is 11.0. The first-order chi connectivity index (χ1) is 15.9. The second-order valence-corrected chi connectivity index (χ2v) is 11.4. The average Bonchev–Trinajstić information content (AvgIpc) is 2.76. The lowest BCUT2D eigenvalue weighted by Crippen LogP contribution is -2.51. The number of unbranched alkanes of at least 4 members (excludes halogenated alkanes) is 1. The number of amides is 2. The zero-order chi connectivity index (χ0) is 25.5. The SMILES string of the molecule is CCCCNC(=O)[C@@H](C)N(Cc1cccc(Cl)c1)C(=O)CN(c1ccc(Br)c(C)c1)S(C)(=O)=O. The molecule has 0 bridgehead atoms. The third kappa shape index (κ3) is 7.99. The summed E-state index contributed by atoms with van der Waals surface area (Å²) in [7, 11) is -3.77. The monoisotopic (exact) mass is 571 g/mol. The van der Waals surface area contributed by atoms with Crippen LogP contribution in [0, 0.1) is 6.92 Å². The van der Waals surface area contributed by atoms with Crippen LogP contribution in [0.3, 0.4) is 0 Å². The topological polar surface area (TPSA) is 86.8 Å². The van der Waals surface area contributed by atoms with Crippen LogP contribution in [0.15, 0.2) is 46.9 Å². The van der Waals surface area contributed by atoms with E-state index < -0.39 is 28.5 Å². The Balaban J connectivity index is 2.37. The van der Waals surface area contributed by atoms with E-state index in [0.29, 0.717) is 17.3 Å². The number of benzene rings is 2. The summed E-state index contributed by atoms with van der Waals surface area (Å²) < 4.78 is 27.1. The van der Waals surface area contributed by atoms with E-state index >= 15 is 0 Å². The molecule has 2 aromatic carbocycles. The van der Waals surface area contributed by atoms with Gasteiger partial charge in [-0.25, -0.2) is 8.42 Å². The highest BCUT2D eigenvalue weighted by molar-refractivity contribution is 9.10. The molecule has 0 aromatic heterocycles. The zero-order valence-corrected chi connectivity index (χ0v) is 23.0. The van der Waals surface area contributed by atoms with Crippen molar-refractivity contribution in [2.45, 2.75) is 46.2 Å². The molecule has 186 valence electrons. The predicted molar refractivity (Wildman–Crippen MR) is 140 cm³/mol. The molecule has 0 unspecified atom stereocenters. The van der Waals surface area contributed by atoms with Crippen LogP contribution < -0.4 is 9.62 Å². The summed E-state index contributed by atoms with van der Waals surface area (Å²) in [5, 5.41) is 3.36. The van der Waals surface area contributed by atoms with Gasteiger partial charge in [-0.2, -0.15) is 0 Å². The minimum atomic E-state index is -3.77. The molecule has 0 fully saturated rings. The lowest BCUT2D eigenvalue weighted by atomic mass is 10.1. The molecule has 1 atom stereocenters. The number of anilines is 1. The third-order valence-corrected chi connectivity index (χ3v) is 7.61. The molecule has 1 N–H and O–H groups in total. The maximum absolute atomic E-state index is 13.5. The van der Waals surface area contributed by atoms with Crippen LogP contribution in [0.25, 0.3) is 0 Å². The Morgan fingerprint density at radius 2 is 1.88 bits per heavy atom. The Labute approximate surface area is 215 Å². The van der Waals surface area contributed by atoms with Gasteiger partial charge < -0.3 is 10.2 Å². The molecule has 2 aromatic rings. The van der Waals surface area contributed by atoms with Crippen molar-refractivity contribution in [2.24, 2.45) is 0 Å². The molecule has 10 heteroatoms. The number of carbonyl (C=O) groups is 2. The van der Waals surface area contributed by atoms with E-state index in [-0.39, 0.29) is 12.5 Å². The molecule has 7 nitrogen and oxygen atoms in total. The second kappa shape index (κ2) is 12.6. The molecular weight excluding hydrogens is 542 g/mol. The van der Waals surface area contributed by atoms with E-state index in [1.807, 2.05) is 13.8 Å². The number of nitrogens with one attached hydrogen (secondary N) is 1. The van der Waals surface area contributed by atoms with Crippen LogP contribution in [-0.4, -0.2) is 50.5 Å². The van der Waals surface area contributed by atoms with Gasteiger partial charge in [-0.1, -0.05) is 53.0 Å². The minimum absolute atomic E-state index is 0.110. The molecule has 0 saturated heterocycles. The van der Waals surface area contributed by atoms with E-state index in [2.05, 4.69) is 21.2 Å². The maximum atomic E-state index is 13.5. The summed E-state index contributed by atoms with van der Waals surface area (Å²) in [6, 6.07) is 11.3. The van der Waals surface area contributed by atoms with Gasteiger partial charge in [0.15, 0.2) is 0 Å². The minimum Gasteiger partial charge on any atom is -0.354 e. The first kappa shape index (κ1) is 28.1. The highest BCUT2D eigenvalue weighted by Crippen LogP contribution is 2.25. The fourth-order valence-corrected chi connectivity index (χ4v) is 4.65. The number of hydrogen-bond donors (Lipinski definition) is 1. The van der Waals surface area contributed by atoms with Gasteiger partial charge in [0.25, 0.3) is 0 Å². The van der Waals surface area contributed by atoms with Crippen molar-refractivity contribution >= 4 is 55.1 Å². The summed E-state index contributed by atoms with van der Waals surface area (Å²) in [6.07, 6.45) is 2.81. The van der Waals surface area contributed by atoms with E-state index in [1.54, 1.807) is 49.4 Å². The van der Waals surface area contributed by atoms with Crippen molar-refractivity contribution in [1.29, 1.82) is 0 Å². The summed E-state index contributed by atoms with van der Waals surface area (Å²) >= 11 is 9.52. The van der Waals surface area contributed by atoms with Crippen molar-refractivity contribution in [1.82, 2.24) is 10.2 Å². The van der Waals surface area contributed by atoms with Crippen molar-refractivity contribution in [2.75, 3.05) is 23.7 Å². The van der Waals surface area contributed by atoms with Crippen molar-refractivity contribution in [3.63, 3.8) is 0 Å². The molecule has 34 heavy (non-hydrogen) atoms. The molecule has 0 aliphatic heterocycles. The Bertz CT molecular complexity index is 1130. The van der Waals surface area contributed by atoms with Crippen LogP contribution in [0.5, 0.6) is 0 Å². The first-order valence-corrected chi connectivity index (χ1v) is 14.0. The molecule has 2 rings (SSSR count). The number of nitrogens with zero attached hydrogens (tertiary/aromatic N) is 2. The van der Waals surface area contributed by atoms with Gasteiger partial charge in [-0.3, -0.25) is 13.9 Å². The molecule has 2 amide bonds. The quantitative estimate of drug-likeness (QED) is 0.402. The predicted octanol–water partition coefficient (Wildman–Crippen LogP) is 4.51. The average molecular weight is 573 g/mol. The molecule has 0 heterocycles. The van der Waals surface area contributed by atoms with Gasteiger partial charge in [0.1, 0.15) is 12.6 Å². The Hall–Kier alpha value is -2.10. The highest BCUT2D eigenvalue weighted by atomic mass is 79.9. The van der Waals surface area contributed by atoms with Gasteiger partial charge in [0, 0.05) is 22.6 Å². The van der Waals surface area contributed by atoms with E-state index in [0.717, 1.165) is 39.0 Å². The van der Waals surface area contributed by atoms with Crippen LogP contribution >= 0.6 is 27.5 Å². The summed E-state index contributed by atoms with van der Waals surface area (Å²) in [4.78, 5) is 27.7. The van der Waals surface area contributed by atoms with Crippen molar-refractivity contribution in [3.05, 3.63) is 63.1 Å². The van der Waals surface area contributed by atoms with Crippen molar-refractivity contribution in [3.8, 4) is 0 Å². The van der Waals surface area contributed by atoms with Gasteiger partial charge in [-0.05, 0) is 61.7 Å². The van der Waals surface area contributed by atoms with E-state index in [1.165, 1.54) is 4.90 Å². The summed E-state index contributed by atoms with van der Waals surface area (Å²) in [5.41, 5.74) is 1.94. The fraction of sp³-hybridized carbons (Fsp3) is 0.417. The highest BCUT2D eigenvalue weighted by Gasteiger charge is 2.30.